The largest absolute Gasteiger partial charge is 0.465 e. The zero-order valence-corrected chi connectivity index (χ0v) is 14.7. The van der Waals surface area contributed by atoms with Crippen molar-refractivity contribution in [2.24, 2.45) is 5.92 Å². The quantitative estimate of drug-likeness (QED) is 0.808. The summed E-state index contributed by atoms with van der Waals surface area (Å²) in [6.45, 7) is 8.32. The molecule has 6 heteroatoms. The molecule has 2 rings (SSSR count). The molecule has 0 atom stereocenters. The zero-order valence-electron chi connectivity index (χ0n) is 13.9. The van der Waals surface area contributed by atoms with Crippen LogP contribution >= 0.6 is 12.4 Å². The first-order valence-corrected chi connectivity index (χ1v) is 7.78. The highest BCUT2D eigenvalue weighted by atomic mass is 35.5. The molecule has 0 aliphatic carbocycles. The van der Waals surface area contributed by atoms with Crippen molar-refractivity contribution in [1.29, 1.82) is 0 Å². The molecule has 0 radical (unpaired) electrons. The van der Waals surface area contributed by atoms with Crippen molar-refractivity contribution in [3.63, 3.8) is 0 Å². The zero-order chi connectivity index (χ0) is 16.1. The van der Waals surface area contributed by atoms with E-state index >= 15 is 0 Å². The van der Waals surface area contributed by atoms with Gasteiger partial charge in [0, 0.05) is 25.2 Å². The SMILES string of the molecule is CCOC(=O)CN(CC(C)C)C(=O)c1ccc2c(c1)CNC2.Cl. The summed E-state index contributed by atoms with van der Waals surface area (Å²) < 4.78 is 4.97. The van der Waals surface area contributed by atoms with Crippen molar-refractivity contribution < 1.29 is 14.3 Å². The maximum absolute atomic E-state index is 12.7. The normalized spacial score (nSPS) is 12.5. The number of fused-ring (bicyclic) bond motifs is 1. The molecular formula is C17H25ClN2O3. The topological polar surface area (TPSA) is 58.6 Å². The van der Waals surface area contributed by atoms with Gasteiger partial charge in [0.1, 0.15) is 6.54 Å². The first-order valence-electron chi connectivity index (χ1n) is 7.78. The number of ether oxygens (including phenoxy) is 1. The van der Waals surface area contributed by atoms with Crippen molar-refractivity contribution >= 4 is 24.3 Å². The summed E-state index contributed by atoms with van der Waals surface area (Å²) in [6, 6.07) is 5.75. The van der Waals surface area contributed by atoms with Gasteiger partial charge in [0.05, 0.1) is 6.61 Å². The van der Waals surface area contributed by atoms with Gasteiger partial charge >= 0.3 is 5.97 Å². The number of carbonyl (C=O) groups is 2. The molecule has 1 aromatic carbocycles. The van der Waals surface area contributed by atoms with Gasteiger partial charge < -0.3 is 15.0 Å². The molecule has 0 saturated heterocycles. The Bertz CT molecular complexity index is 561. The lowest BCUT2D eigenvalue weighted by Gasteiger charge is -2.24. The smallest absolute Gasteiger partial charge is 0.325 e. The predicted octanol–water partition coefficient (Wildman–Crippen LogP) is 2.37. The number of amides is 1. The number of nitrogens with one attached hydrogen (secondary N) is 1. The van der Waals surface area contributed by atoms with E-state index in [0.29, 0.717) is 18.7 Å². The molecule has 0 fully saturated rings. The molecule has 1 aliphatic rings. The fraction of sp³-hybridized carbons (Fsp3) is 0.529. The number of esters is 1. The minimum atomic E-state index is -0.362. The number of nitrogens with zero attached hydrogens (tertiary/aromatic N) is 1. The van der Waals surface area contributed by atoms with Gasteiger partial charge in [0.15, 0.2) is 0 Å². The first-order chi connectivity index (χ1) is 10.5. The molecule has 1 N–H and O–H groups in total. The van der Waals surface area contributed by atoms with Crippen LogP contribution in [0, 0.1) is 5.92 Å². The number of hydrogen-bond acceptors (Lipinski definition) is 4. The van der Waals surface area contributed by atoms with Crippen LogP contribution in [0.3, 0.4) is 0 Å². The van der Waals surface area contributed by atoms with Gasteiger partial charge in [-0.1, -0.05) is 19.9 Å². The molecule has 1 heterocycles. The fourth-order valence-corrected chi connectivity index (χ4v) is 2.63. The lowest BCUT2D eigenvalue weighted by Crippen LogP contribution is -2.39. The number of benzene rings is 1. The van der Waals surface area contributed by atoms with Crippen molar-refractivity contribution in [1.82, 2.24) is 10.2 Å². The van der Waals surface area contributed by atoms with Crippen LogP contribution in [0.1, 0.15) is 42.3 Å². The molecular weight excluding hydrogens is 316 g/mol. The van der Waals surface area contributed by atoms with E-state index in [-0.39, 0.29) is 36.7 Å². The summed E-state index contributed by atoms with van der Waals surface area (Å²) in [4.78, 5) is 26.0. The van der Waals surface area contributed by atoms with E-state index in [1.165, 1.54) is 5.56 Å². The van der Waals surface area contributed by atoms with E-state index < -0.39 is 0 Å². The third kappa shape index (κ3) is 5.22. The molecule has 1 aliphatic heterocycles. The molecule has 1 aromatic rings. The number of halogens is 1. The Morgan fingerprint density at radius 3 is 2.61 bits per heavy atom. The first kappa shape index (κ1) is 19.5. The third-order valence-electron chi connectivity index (χ3n) is 3.58. The molecule has 0 spiro atoms. The summed E-state index contributed by atoms with van der Waals surface area (Å²) in [5, 5.41) is 3.27. The molecule has 0 aromatic heterocycles. The van der Waals surface area contributed by atoms with Crippen LogP contribution in [0.25, 0.3) is 0 Å². The summed E-state index contributed by atoms with van der Waals surface area (Å²) in [5.41, 5.74) is 3.02. The minimum absolute atomic E-state index is 0. The summed E-state index contributed by atoms with van der Waals surface area (Å²) in [7, 11) is 0. The van der Waals surface area contributed by atoms with Crippen molar-refractivity contribution in [2.75, 3.05) is 19.7 Å². The van der Waals surface area contributed by atoms with Crippen LogP contribution in [0.2, 0.25) is 0 Å². The highest BCUT2D eigenvalue weighted by Crippen LogP contribution is 2.18. The van der Waals surface area contributed by atoms with E-state index in [2.05, 4.69) is 5.32 Å². The standard InChI is InChI=1S/C17H24N2O3.ClH/c1-4-22-16(20)11-19(10-12(2)3)17(21)13-5-6-14-8-18-9-15(14)7-13;/h5-7,12,18H,4,8-11H2,1-3H3;1H. The Morgan fingerprint density at radius 2 is 1.96 bits per heavy atom. The van der Waals surface area contributed by atoms with Gasteiger partial charge in [0.25, 0.3) is 5.91 Å². The molecule has 5 nitrogen and oxygen atoms in total. The van der Waals surface area contributed by atoms with Crippen molar-refractivity contribution in [2.45, 2.75) is 33.9 Å². The van der Waals surface area contributed by atoms with Gasteiger partial charge in [-0.15, -0.1) is 12.4 Å². The van der Waals surface area contributed by atoms with Gasteiger partial charge in [-0.05, 0) is 36.1 Å². The van der Waals surface area contributed by atoms with Crippen molar-refractivity contribution in [3.05, 3.63) is 34.9 Å². The summed E-state index contributed by atoms with van der Waals surface area (Å²) >= 11 is 0. The van der Waals surface area contributed by atoms with Gasteiger partial charge in [-0.25, -0.2) is 0 Å². The van der Waals surface area contributed by atoms with Crippen LogP contribution in [-0.2, 0) is 22.6 Å². The highest BCUT2D eigenvalue weighted by Gasteiger charge is 2.22. The average Bonchev–Trinajstić information content (AvgIpc) is 2.92. The second kappa shape index (κ2) is 8.89. The lowest BCUT2D eigenvalue weighted by molar-refractivity contribution is -0.143. The van der Waals surface area contributed by atoms with Gasteiger partial charge in [-0.2, -0.15) is 0 Å². The van der Waals surface area contributed by atoms with E-state index in [0.717, 1.165) is 18.7 Å². The maximum atomic E-state index is 12.7. The van der Waals surface area contributed by atoms with Crippen LogP contribution < -0.4 is 5.32 Å². The average molecular weight is 341 g/mol. The molecule has 0 bridgehead atoms. The monoisotopic (exact) mass is 340 g/mol. The van der Waals surface area contributed by atoms with E-state index in [1.807, 2.05) is 32.0 Å². The van der Waals surface area contributed by atoms with E-state index in [1.54, 1.807) is 11.8 Å². The molecule has 0 saturated carbocycles. The Hall–Kier alpha value is -1.59. The Morgan fingerprint density at radius 1 is 1.26 bits per heavy atom. The van der Waals surface area contributed by atoms with Crippen LogP contribution in [-0.4, -0.2) is 36.5 Å². The van der Waals surface area contributed by atoms with Crippen LogP contribution in [0.15, 0.2) is 18.2 Å². The predicted molar refractivity (Wildman–Crippen MR) is 91.6 cm³/mol. The summed E-state index contributed by atoms with van der Waals surface area (Å²) in [5.74, 6) is -0.190. The lowest BCUT2D eigenvalue weighted by atomic mass is 10.0. The Labute approximate surface area is 143 Å². The van der Waals surface area contributed by atoms with E-state index in [4.69, 9.17) is 4.74 Å². The summed E-state index contributed by atoms with van der Waals surface area (Å²) in [6.07, 6.45) is 0. The number of hydrogen-bond donors (Lipinski definition) is 1. The second-order valence-corrected chi connectivity index (χ2v) is 5.97. The number of rotatable bonds is 6. The highest BCUT2D eigenvalue weighted by molar-refractivity contribution is 5.96. The van der Waals surface area contributed by atoms with Gasteiger partial charge in [-0.3, -0.25) is 9.59 Å². The maximum Gasteiger partial charge on any atom is 0.325 e. The third-order valence-corrected chi connectivity index (χ3v) is 3.58. The molecule has 1 amide bonds. The van der Waals surface area contributed by atoms with Gasteiger partial charge in [0.2, 0.25) is 0 Å². The molecule has 128 valence electrons. The number of carbonyl (C=O) groups excluding carboxylic acids is 2. The second-order valence-electron chi connectivity index (χ2n) is 5.97. The van der Waals surface area contributed by atoms with Crippen LogP contribution in [0.4, 0.5) is 0 Å². The van der Waals surface area contributed by atoms with Crippen LogP contribution in [0.5, 0.6) is 0 Å². The minimum Gasteiger partial charge on any atom is -0.465 e. The molecule has 23 heavy (non-hydrogen) atoms. The molecule has 0 unspecified atom stereocenters. The van der Waals surface area contributed by atoms with E-state index in [9.17, 15) is 9.59 Å². The van der Waals surface area contributed by atoms with Crippen molar-refractivity contribution in [3.8, 4) is 0 Å². The Kier molecular flexibility index (Phi) is 7.52. The fourth-order valence-electron chi connectivity index (χ4n) is 2.63. The Balaban J connectivity index is 0.00000264.